The van der Waals surface area contributed by atoms with Crippen molar-refractivity contribution >= 4 is 5.91 Å². The van der Waals surface area contributed by atoms with Crippen LogP contribution in [0.4, 0.5) is 0 Å². The number of ether oxygens (including phenoxy) is 2. The molecule has 3 heterocycles. The summed E-state index contributed by atoms with van der Waals surface area (Å²) in [5, 5.41) is 17.6. The van der Waals surface area contributed by atoms with E-state index in [9.17, 15) is 10.1 Å². The van der Waals surface area contributed by atoms with Crippen molar-refractivity contribution in [1.29, 1.82) is 5.26 Å². The lowest BCUT2D eigenvalue weighted by atomic mass is 9.99. The monoisotopic (exact) mass is 418 g/mol. The molecule has 31 heavy (non-hydrogen) atoms. The molecule has 1 amide bonds. The van der Waals surface area contributed by atoms with Gasteiger partial charge in [-0.05, 0) is 38.0 Å². The van der Waals surface area contributed by atoms with Crippen LogP contribution in [0.3, 0.4) is 0 Å². The van der Waals surface area contributed by atoms with Gasteiger partial charge >= 0.3 is 0 Å². The Balaban J connectivity index is 1.57. The Morgan fingerprint density at radius 2 is 1.94 bits per heavy atom. The maximum absolute atomic E-state index is 13.5. The van der Waals surface area contributed by atoms with E-state index in [4.69, 9.17) is 9.47 Å². The zero-order valence-corrected chi connectivity index (χ0v) is 17.3. The van der Waals surface area contributed by atoms with E-state index in [0.717, 1.165) is 12.8 Å². The Morgan fingerprint density at radius 1 is 1.16 bits per heavy atom. The second-order valence-electron chi connectivity index (χ2n) is 7.27. The molecule has 1 saturated heterocycles. The van der Waals surface area contributed by atoms with Crippen molar-refractivity contribution in [2.24, 2.45) is 0 Å². The van der Waals surface area contributed by atoms with E-state index in [1.165, 1.54) is 18.1 Å². The van der Waals surface area contributed by atoms with Crippen LogP contribution in [0.2, 0.25) is 0 Å². The Hall–Kier alpha value is -3.93. The molecule has 0 spiro atoms. The number of carbonyl (C=O) groups is 1. The van der Waals surface area contributed by atoms with Gasteiger partial charge in [0.1, 0.15) is 17.7 Å². The zero-order chi connectivity index (χ0) is 21.8. The number of carbonyl (C=O) groups excluding carboxylic acids is 1. The summed E-state index contributed by atoms with van der Waals surface area (Å²) in [5.74, 6) is 0.450. The number of piperidine rings is 1. The number of methoxy groups -OCH3 is 1. The van der Waals surface area contributed by atoms with Gasteiger partial charge in [0.25, 0.3) is 11.8 Å². The molecule has 0 N–H and O–H groups in total. The number of likely N-dealkylation sites (tertiary alicyclic amines) is 1. The lowest BCUT2D eigenvalue weighted by molar-refractivity contribution is 0.0365. The highest BCUT2D eigenvalue weighted by atomic mass is 16.5. The van der Waals surface area contributed by atoms with E-state index >= 15 is 0 Å². The van der Waals surface area contributed by atoms with Crippen molar-refractivity contribution in [1.82, 2.24) is 24.9 Å². The molecule has 1 aliphatic heterocycles. The summed E-state index contributed by atoms with van der Waals surface area (Å²) in [4.78, 5) is 20.9. The molecule has 4 rings (SSSR count). The van der Waals surface area contributed by atoms with Crippen LogP contribution in [-0.4, -0.2) is 56.6 Å². The van der Waals surface area contributed by atoms with Gasteiger partial charge in [-0.25, -0.2) is 4.98 Å². The Kier molecular flexibility index (Phi) is 5.80. The molecule has 2 atom stereocenters. The van der Waals surface area contributed by atoms with Gasteiger partial charge in [-0.1, -0.05) is 12.1 Å². The Labute approximate surface area is 179 Å². The third kappa shape index (κ3) is 4.05. The molecular weight excluding hydrogens is 396 g/mol. The van der Waals surface area contributed by atoms with Gasteiger partial charge in [-0.15, -0.1) is 0 Å². The van der Waals surface area contributed by atoms with Crippen LogP contribution >= 0.6 is 0 Å². The quantitative estimate of drug-likeness (QED) is 0.627. The number of aromatic nitrogens is 4. The van der Waals surface area contributed by atoms with Crippen LogP contribution in [0.15, 0.2) is 48.9 Å². The number of nitrogens with zero attached hydrogens (tertiary/aromatic N) is 6. The van der Waals surface area contributed by atoms with Gasteiger partial charge in [0.15, 0.2) is 5.75 Å². The first-order valence-electron chi connectivity index (χ1n) is 9.98. The molecule has 1 aromatic carbocycles. The topological polar surface area (TPSA) is 106 Å². The number of amides is 1. The van der Waals surface area contributed by atoms with Crippen molar-refractivity contribution < 1.29 is 14.3 Å². The fourth-order valence-corrected chi connectivity index (χ4v) is 3.73. The minimum Gasteiger partial charge on any atom is -0.490 e. The maximum atomic E-state index is 13.5. The number of nitriles is 1. The fourth-order valence-electron chi connectivity index (χ4n) is 3.73. The molecule has 0 radical (unpaired) electrons. The first-order valence-corrected chi connectivity index (χ1v) is 9.98. The SMILES string of the molecule is COc1c(C#N)ccnc1OC1CCC(C)N(C(=O)c2ccccc2-n2nccn2)C1. The standard InChI is InChI=1S/C22H22N6O3/c1-15-7-8-17(31-21-20(30-2)16(13-23)9-10-24-21)14-27(15)22(29)18-5-3-4-6-19(18)28-25-11-12-26-28/h3-6,9-12,15,17H,7-8,14H2,1-2H3. The van der Waals surface area contributed by atoms with Crippen LogP contribution in [-0.2, 0) is 0 Å². The summed E-state index contributed by atoms with van der Waals surface area (Å²) in [7, 11) is 1.48. The fraction of sp³-hybridized carbons (Fsp3) is 0.318. The average Bonchev–Trinajstić information content (AvgIpc) is 3.34. The van der Waals surface area contributed by atoms with Crippen molar-refractivity contribution in [2.45, 2.75) is 31.9 Å². The first kappa shape index (κ1) is 20.3. The predicted molar refractivity (Wildman–Crippen MR) is 111 cm³/mol. The van der Waals surface area contributed by atoms with Crippen molar-refractivity contribution in [3.63, 3.8) is 0 Å². The molecule has 0 aliphatic carbocycles. The Bertz CT molecular complexity index is 1110. The molecule has 9 heteroatoms. The molecule has 2 unspecified atom stereocenters. The molecule has 0 saturated carbocycles. The molecule has 9 nitrogen and oxygen atoms in total. The summed E-state index contributed by atoms with van der Waals surface area (Å²) in [5.41, 5.74) is 1.50. The maximum Gasteiger partial charge on any atom is 0.258 e. The van der Waals surface area contributed by atoms with Gasteiger partial charge in [-0.3, -0.25) is 4.79 Å². The van der Waals surface area contributed by atoms with Gasteiger partial charge in [-0.2, -0.15) is 20.3 Å². The lowest BCUT2D eigenvalue weighted by Crippen LogP contribution is -2.49. The summed E-state index contributed by atoms with van der Waals surface area (Å²) in [6, 6.07) is 11.0. The number of benzene rings is 1. The minimum atomic E-state index is -0.273. The molecular formula is C22H22N6O3. The van der Waals surface area contributed by atoms with Gasteiger partial charge in [0, 0.05) is 12.2 Å². The van der Waals surface area contributed by atoms with Crippen LogP contribution in [0.25, 0.3) is 5.69 Å². The second-order valence-corrected chi connectivity index (χ2v) is 7.27. The highest BCUT2D eigenvalue weighted by Crippen LogP contribution is 2.31. The van der Waals surface area contributed by atoms with E-state index in [0.29, 0.717) is 29.1 Å². The van der Waals surface area contributed by atoms with Crippen LogP contribution in [0.5, 0.6) is 11.6 Å². The van der Waals surface area contributed by atoms with Crippen LogP contribution in [0, 0.1) is 11.3 Å². The molecule has 2 aromatic heterocycles. The summed E-state index contributed by atoms with van der Waals surface area (Å²) in [6.45, 7) is 2.42. The lowest BCUT2D eigenvalue weighted by Gasteiger charge is -2.38. The third-order valence-corrected chi connectivity index (χ3v) is 5.34. The number of pyridine rings is 1. The summed E-state index contributed by atoms with van der Waals surface area (Å²) >= 11 is 0. The number of para-hydroxylation sites is 1. The van der Waals surface area contributed by atoms with Gasteiger partial charge in [0.05, 0.1) is 37.3 Å². The molecule has 158 valence electrons. The van der Waals surface area contributed by atoms with E-state index < -0.39 is 0 Å². The Morgan fingerprint density at radius 3 is 2.68 bits per heavy atom. The number of rotatable bonds is 5. The normalized spacial score (nSPS) is 18.3. The van der Waals surface area contributed by atoms with Gasteiger partial charge in [0.2, 0.25) is 0 Å². The smallest absolute Gasteiger partial charge is 0.258 e. The van der Waals surface area contributed by atoms with E-state index in [1.54, 1.807) is 29.4 Å². The third-order valence-electron chi connectivity index (χ3n) is 5.34. The second kappa shape index (κ2) is 8.83. The highest BCUT2D eigenvalue weighted by Gasteiger charge is 2.32. The van der Waals surface area contributed by atoms with Crippen molar-refractivity contribution in [2.75, 3.05) is 13.7 Å². The number of hydrogen-bond acceptors (Lipinski definition) is 7. The highest BCUT2D eigenvalue weighted by molar-refractivity contribution is 5.98. The predicted octanol–water partition coefficient (Wildman–Crippen LogP) is 2.61. The van der Waals surface area contributed by atoms with E-state index in [1.807, 2.05) is 25.1 Å². The summed E-state index contributed by atoms with van der Waals surface area (Å²) < 4.78 is 11.4. The molecule has 1 fully saturated rings. The van der Waals surface area contributed by atoms with Gasteiger partial charge < -0.3 is 14.4 Å². The van der Waals surface area contributed by atoms with Crippen molar-refractivity contribution in [3.8, 4) is 23.4 Å². The molecule has 1 aliphatic rings. The molecule has 3 aromatic rings. The van der Waals surface area contributed by atoms with Crippen molar-refractivity contribution in [3.05, 3.63) is 60.0 Å². The average molecular weight is 418 g/mol. The minimum absolute atomic E-state index is 0.0475. The van der Waals surface area contributed by atoms with E-state index in [-0.39, 0.29) is 23.9 Å². The van der Waals surface area contributed by atoms with Crippen LogP contribution < -0.4 is 9.47 Å². The number of hydrogen-bond donors (Lipinski definition) is 0. The molecule has 0 bridgehead atoms. The zero-order valence-electron chi connectivity index (χ0n) is 17.3. The first-order chi connectivity index (χ1) is 15.1. The summed E-state index contributed by atoms with van der Waals surface area (Å²) in [6.07, 6.45) is 5.92. The largest absolute Gasteiger partial charge is 0.490 e. The van der Waals surface area contributed by atoms with E-state index in [2.05, 4.69) is 21.3 Å². The van der Waals surface area contributed by atoms with Crippen LogP contribution in [0.1, 0.15) is 35.7 Å².